The number of thiazole rings is 1. The van der Waals surface area contributed by atoms with Crippen LogP contribution in [-0.2, 0) is 0 Å². The third kappa shape index (κ3) is 3.14. The molecule has 1 aromatic carbocycles. The molecule has 0 saturated carbocycles. The molecule has 0 N–H and O–H groups in total. The minimum absolute atomic E-state index is 0.142. The summed E-state index contributed by atoms with van der Waals surface area (Å²) in [6.45, 7) is 2.07. The first-order valence-electron chi connectivity index (χ1n) is 5.35. The largest absolute Gasteiger partial charge is 0.497 e. The molecule has 0 radical (unpaired) electrons. The Morgan fingerprint density at radius 3 is 2.71 bits per heavy atom. The smallest absolute Gasteiger partial charge is 0.118 e. The van der Waals surface area contributed by atoms with E-state index in [1.165, 1.54) is 5.56 Å². The van der Waals surface area contributed by atoms with Crippen LogP contribution in [-0.4, -0.2) is 18.3 Å². The van der Waals surface area contributed by atoms with E-state index < -0.39 is 0 Å². The van der Waals surface area contributed by atoms with Crippen LogP contribution in [0.25, 0.3) is 0 Å². The zero-order valence-corrected chi connectivity index (χ0v) is 10.6. The summed E-state index contributed by atoms with van der Waals surface area (Å²) < 4.78 is 5.12. The number of aromatic nitrogens is 1. The van der Waals surface area contributed by atoms with Gasteiger partial charge in [0.15, 0.2) is 0 Å². The molecular weight excluding hydrogens is 232 g/mol. The minimum Gasteiger partial charge on any atom is -0.497 e. The maximum atomic E-state index is 5.12. The first-order valence-corrected chi connectivity index (χ1v) is 6.23. The SMILES string of the molecule is COc1ccc([C@H](C)N=Cc2cncs2)cc1. The van der Waals surface area contributed by atoms with Crippen molar-refractivity contribution in [1.82, 2.24) is 4.98 Å². The summed E-state index contributed by atoms with van der Waals surface area (Å²) >= 11 is 1.59. The van der Waals surface area contributed by atoms with Crippen LogP contribution in [0.4, 0.5) is 0 Å². The van der Waals surface area contributed by atoms with E-state index in [1.54, 1.807) is 24.0 Å². The monoisotopic (exact) mass is 246 g/mol. The van der Waals surface area contributed by atoms with Crippen molar-refractivity contribution in [2.45, 2.75) is 13.0 Å². The van der Waals surface area contributed by atoms with Crippen LogP contribution in [0.3, 0.4) is 0 Å². The topological polar surface area (TPSA) is 34.5 Å². The standard InChI is InChI=1S/C13H14N2OS/c1-10(15-8-13-7-14-9-17-13)11-3-5-12(16-2)6-4-11/h3-10H,1-2H3/t10-/m0/s1. The summed E-state index contributed by atoms with van der Waals surface area (Å²) in [5.74, 6) is 0.868. The highest BCUT2D eigenvalue weighted by Gasteiger charge is 2.02. The van der Waals surface area contributed by atoms with Crippen molar-refractivity contribution in [3.05, 3.63) is 46.4 Å². The minimum atomic E-state index is 0.142. The van der Waals surface area contributed by atoms with Gasteiger partial charge in [-0.1, -0.05) is 12.1 Å². The molecule has 0 aliphatic carbocycles. The highest BCUT2D eigenvalue weighted by Crippen LogP contribution is 2.20. The second-order valence-electron chi connectivity index (χ2n) is 3.63. The van der Waals surface area contributed by atoms with E-state index in [2.05, 4.69) is 16.9 Å². The van der Waals surface area contributed by atoms with Crippen LogP contribution >= 0.6 is 11.3 Å². The average Bonchev–Trinajstić information content (AvgIpc) is 2.89. The summed E-state index contributed by atoms with van der Waals surface area (Å²) in [6.07, 6.45) is 3.68. The van der Waals surface area contributed by atoms with Crippen LogP contribution in [0.1, 0.15) is 23.4 Å². The first-order chi connectivity index (χ1) is 8.29. The van der Waals surface area contributed by atoms with Gasteiger partial charge in [0.2, 0.25) is 0 Å². The summed E-state index contributed by atoms with van der Waals surface area (Å²) in [4.78, 5) is 9.58. The van der Waals surface area contributed by atoms with Gasteiger partial charge in [0.1, 0.15) is 5.75 Å². The fraction of sp³-hybridized carbons (Fsp3) is 0.231. The van der Waals surface area contributed by atoms with Crippen molar-refractivity contribution in [3.63, 3.8) is 0 Å². The molecule has 1 atom stereocenters. The zero-order valence-electron chi connectivity index (χ0n) is 9.83. The lowest BCUT2D eigenvalue weighted by Gasteiger charge is -2.07. The zero-order chi connectivity index (χ0) is 12.1. The molecule has 0 aliphatic rings. The fourth-order valence-electron chi connectivity index (χ4n) is 1.44. The lowest BCUT2D eigenvalue weighted by molar-refractivity contribution is 0.414. The Morgan fingerprint density at radius 2 is 2.12 bits per heavy atom. The molecule has 17 heavy (non-hydrogen) atoms. The van der Waals surface area contributed by atoms with Crippen LogP contribution in [0, 0.1) is 0 Å². The number of ether oxygens (including phenoxy) is 1. The Kier molecular flexibility index (Phi) is 3.88. The Balaban J connectivity index is 2.06. The Bertz CT molecular complexity index is 477. The van der Waals surface area contributed by atoms with Gasteiger partial charge in [0.05, 0.1) is 23.5 Å². The Morgan fingerprint density at radius 1 is 1.35 bits per heavy atom. The normalized spacial score (nSPS) is 12.8. The van der Waals surface area contributed by atoms with Gasteiger partial charge >= 0.3 is 0 Å². The van der Waals surface area contributed by atoms with Gasteiger partial charge in [-0.2, -0.15) is 0 Å². The number of benzene rings is 1. The predicted octanol–water partition coefficient (Wildman–Crippen LogP) is 3.33. The van der Waals surface area contributed by atoms with E-state index in [1.807, 2.05) is 36.7 Å². The van der Waals surface area contributed by atoms with E-state index in [4.69, 9.17) is 4.74 Å². The van der Waals surface area contributed by atoms with Gasteiger partial charge in [-0.25, -0.2) is 0 Å². The maximum Gasteiger partial charge on any atom is 0.118 e. The van der Waals surface area contributed by atoms with Gasteiger partial charge in [-0.3, -0.25) is 9.98 Å². The molecule has 2 rings (SSSR count). The van der Waals surface area contributed by atoms with Crippen LogP contribution in [0.15, 0.2) is 41.0 Å². The Hall–Kier alpha value is -1.68. The lowest BCUT2D eigenvalue weighted by atomic mass is 10.1. The molecule has 0 saturated heterocycles. The molecule has 4 heteroatoms. The third-order valence-corrected chi connectivity index (χ3v) is 3.19. The molecule has 1 aromatic heterocycles. The van der Waals surface area contributed by atoms with E-state index in [0.717, 1.165) is 10.6 Å². The predicted molar refractivity (Wildman–Crippen MR) is 71.1 cm³/mol. The van der Waals surface area contributed by atoms with Crippen molar-refractivity contribution in [2.24, 2.45) is 4.99 Å². The molecule has 0 unspecified atom stereocenters. The van der Waals surface area contributed by atoms with Gasteiger partial charge in [0, 0.05) is 12.4 Å². The number of hydrogen-bond donors (Lipinski definition) is 0. The Labute approximate surface area is 105 Å². The molecule has 0 amide bonds. The summed E-state index contributed by atoms with van der Waals surface area (Å²) in [6, 6.07) is 8.12. The first kappa shape index (κ1) is 11.8. The molecule has 3 nitrogen and oxygen atoms in total. The molecule has 0 spiro atoms. The summed E-state index contributed by atoms with van der Waals surface area (Å²) in [5, 5.41) is 0. The van der Waals surface area contributed by atoms with Crippen molar-refractivity contribution < 1.29 is 4.74 Å². The molecule has 0 aliphatic heterocycles. The van der Waals surface area contributed by atoms with Crippen LogP contribution in [0.5, 0.6) is 5.75 Å². The number of methoxy groups -OCH3 is 1. The van der Waals surface area contributed by atoms with Crippen LogP contribution < -0.4 is 4.74 Å². The van der Waals surface area contributed by atoms with Crippen molar-refractivity contribution in [2.75, 3.05) is 7.11 Å². The van der Waals surface area contributed by atoms with Gasteiger partial charge < -0.3 is 4.74 Å². The number of rotatable bonds is 4. The molecule has 0 bridgehead atoms. The summed E-state index contributed by atoms with van der Waals surface area (Å²) in [5.41, 5.74) is 2.98. The molecular formula is C13H14N2OS. The van der Waals surface area contributed by atoms with E-state index in [9.17, 15) is 0 Å². The average molecular weight is 246 g/mol. The maximum absolute atomic E-state index is 5.12. The van der Waals surface area contributed by atoms with Crippen molar-refractivity contribution >= 4 is 17.6 Å². The number of aliphatic imine (C=N–C) groups is 1. The van der Waals surface area contributed by atoms with Crippen molar-refractivity contribution in [3.8, 4) is 5.75 Å². The van der Waals surface area contributed by atoms with Crippen molar-refractivity contribution in [1.29, 1.82) is 0 Å². The van der Waals surface area contributed by atoms with Gasteiger partial charge in [-0.05, 0) is 24.6 Å². The quantitative estimate of drug-likeness (QED) is 0.775. The number of nitrogens with zero attached hydrogens (tertiary/aromatic N) is 2. The summed E-state index contributed by atoms with van der Waals surface area (Å²) in [7, 11) is 1.67. The van der Waals surface area contributed by atoms with E-state index in [0.29, 0.717) is 0 Å². The molecule has 88 valence electrons. The van der Waals surface area contributed by atoms with Crippen LogP contribution in [0.2, 0.25) is 0 Å². The van der Waals surface area contributed by atoms with E-state index >= 15 is 0 Å². The highest BCUT2D eigenvalue weighted by atomic mass is 32.1. The molecule has 0 fully saturated rings. The van der Waals surface area contributed by atoms with Gasteiger partial charge in [-0.15, -0.1) is 11.3 Å². The molecule has 1 heterocycles. The van der Waals surface area contributed by atoms with Gasteiger partial charge in [0.25, 0.3) is 0 Å². The van der Waals surface area contributed by atoms with E-state index in [-0.39, 0.29) is 6.04 Å². The lowest BCUT2D eigenvalue weighted by Crippen LogP contribution is -1.91. The highest BCUT2D eigenvalue weighted by molar-refractivity contribution is 7.11. The molecule has 2 aromatic rings. The second-order valence-corrected chi connectivity index (χ2v) is 4.55. The second kappa shape index (κ2) is 5.59. The third-order valence-electron chi connectivity index (χ3n) is 2.48. The number of hydrogen-bond acceptors (Lipinski definition) is 4. The fourth-order valence-corrected chi connectivity index (χ4v) is 1.93.